The number of imidazole rings is 1. The Morgan fingerprint density at radius 3 is 2.33 bits per heavy atom. The van der Waals surface area contributed by atoms with Crippen LogP contribution in [0.5, 0.6) is 0 Å². The van der Waals surface area contributed by atoms with Crippen LogP contribution in [0, 0.1) is 0 Å². The molecule has 1 saturated heterocycles. The van der Waals surface area contributed by atoms with Crippen LogP contribution in [0.2, 0.25) is 0 Å². The number of hydrogen-bond acceptors (Lipinski definition) is 3. The third-order valence-electron chi connectivity index (χ3n) is 4.66. The fourth-order valence-electron chi connectivity index (χ4n) is 3.53. The molecule has 0 aliphatic carbocycles. The molecule has 24 heavy (non-hydrogen) atoms. The highest BCUT2D eigenvalue weighted by molar-refractivity contribution is 5.97. The number of fused-ring (bicyclic) bond motifs is 1. The molecule has 1 fully saturated rings. The first-order valence-corrected chi connectivity index (χ1v) is 9.08. The van der Waals surface area contributed by atoms with E-state index in [1.165, 1.54) is 6.42 Å². The molecule has 3 rings (SSSR count). The average Bonchev–Trinajstić information content (AvgIpc) is 2.93. The Morgan fingerprint density at radius 1 is 1.00 bits per heavy atom. The van der Waals surface area contributed by atoms with Gasteiger partial charge in [0, 0.05) is 25.2 Å². The summed E-state index contributed by atoms with van der Waals surface area (Å²) < 4.78 is 1.98. The Morgan fingerprint density at radius 2 is 1.67 bits per heavy atom. The van der Waals surface area contributed by atoms with Gasteiger partial charge in [0.15, 0.2) is 5.82 Å². The van der Waals surface area contributed by atoms with Crippen LogP contribution in [-0.2, 0) is 13.0 Å². The Bertz CT molecular complexity index is 636. The van der Waals surface area contributed by atoms with E-state index in [0.29, 0.717) is 11.5 Å². The molecule has 0 radical (unpaired) electrons. The lowest BCUT2D eigenvalue weighted by molar-refractivity contribution is 0.0705. The Balaban J connectivity index is 1.92. The number of carbonyl (C=O) groups is 2. The maximum absolute atomic E-state index is 12.9. The zero-order chi connectivity index (χ0) is 17.3. The van der Waals surface area contributed by atoms with E-state index in [9.17, 15) is 9.59 Å². The van der Waals surface area contributed by atoms with Gasteiger partial charge in [-0.2, -0.15) is 0 Å². The molecule has 0 unspecified atom stereocenters. The highest BCUT2D eigenvalue weighted by atomic mass is 16.2. The fraction of sp³-hybridized carbons (Fsp3) is 0.722. The third-order valence-corrected chi connectivity index (χ3v) is 4.66. The minimum atomic E-state index is -0.320. The molecule has 6 nitrogen and oxygen atoms in total. The number of piperidine rings is 1. The van der Waals surface area contributed by atoms with Gasteiger partial charge in [-0.05, 0) is 59.3 Å². The highest BCUT2D eigenvalue weighted by Gasteiger charge is 2.31. The van der Waals surface area contributed by atoms with Crippen LogP contribution in [0.25, 0.3) is 0 Å². The summed E-state index contributed by atoms with van der Waals surface area (Å²) >= 11 is 0. The smallest absolute Gasteiger partial charge is 0.289 e. The zero-order valence-electron chi connectivity index (χ0n) is 15.0. The number of nitrogens with one attached hydrogen (secondary N) is 1. The molecule has 1 N–H and O–H groups in total. The van der Waals surface area contributed by atoms with Gasteiger partial charge in [0.2, 0.25) is 0 Å². The van der Waals surface area contributed by atoms with Gasteiger partial charge in [-0.3, -0.25) is 9.59 Å². The second kappa shape index (κ2) is 6.57. The number of carbonyl (C=O) groups excluding carboxylic acids is 2. The molecule has 0 spiro atoms. The lowest BCUT2D eigenvalue weighted by Crippen LogP contribution is -2.41. The molecular formula is C18H28N4O2. The SMILES string of the molecule is CC(C)(C)NC(=O)c1nc(C(=O)N2CCCCC2)n2c1CCCC2. The average molecular weight is 332 g/mol. The highest BCUT2D eigenvalue weighted by Crippen LogP contribution is 2.23. The van der Waals surface area contributed by atoms with E-state index in [1.54, 1.807) is 0 Å². The Kier molecular flexibility index (Phi) is 4.65. The van der Waals surface area contributed by atoms with E-state index in [1.807, 2.05) is 30.2 Å². The molecule has 1 aromatic rings. The van der Waals surface area contributed by atoms with Crippen molar-refractivity contribution in [1.82, 2.24) is 19.8 Å². The summed E-state index contributed by atoms with van der Waals surface area (Å²) in [4.78, 5) is 31.9. The summed E-state index contributed by atoms with van der Waals surface area (Å²) in [6, 6.07) is 0. The molecule has 132 valence electrons. The number of nitrogens with zero attached hydrogens (tertiary/aromatic N) is 3. The minimum absolute atomic E-state index is 0.0207. The normalized spacial score (nSPS) is 18.2. The first kappa shape index (κ1) is 17.0. The third kappa shape index (κ3) is 3.47. The molecule has 0 bridgehead atoms. The summed E-state index contributed by atoms with van der Waals surface area (Å²) in [5, 5.41) is 2.98. The van der Waals surface area contributed by atoms with Crippen LogP contribution in [-0.4, -0.2) is 44.9 Å². The maximum atomic E-state index is 12.9. The number of aromatic nitrogens is 2. The van der Waals surface area contributed by atoms with Crippen LogP contribution in [0.1, 0.15) is 79.7 Å². The molecule has 6 heteroatoms. The van der Waals surface area contributed by atoms with Crippen molar-refractivity contribution >= 4 is 11.8 Å². The Hall–Kier alpha value is -1.85. The first-order chi connectivity index (χ1) is 11.4. The molecule has 0 aromatic carbocycles. The topological polar surface area (TPSA) is 67.2 Å². The van der Waals surface area contributed by atoms with Gasteiger partial charge in [0.05, 0.1) is 5.69 Å². The molecule has 3 heterocycles. The molecule has 2 aliphatic rings. The van der Waals surface area contributed by atoms with Gasteiger partial charge >= 0.3 is 0 Å². The summed E-state index contributed by atoms with van der Waals surface area (Å²) in [5.74, 6) is 0.254. The van der Waals surface area contributed by atoms with Crippen molar-refractivity contribution < 1.29 is 9.59 Å². The van der Waals surface area contributed by atoms with Gasteiger partial charge in [-0.1, -0.05) is 0 Å². The van der Waals surface area contributed by atoms with E-state index < -0.39 is 0 Å². The van der Waals surface area contributed by atoms with E-state index in [-0.39, 0.29) is 17.4 Å². The van der Waals surface area contributed by atoms with Crippen LogP contribution in [0.4, 0.5) is 0 Å². The van der Waals surface area contributed by atoms with E-state index in [4.69, 9.17) is 0 Å². The summed E-state index contributed by atoms with van der Waals surface area (Å²) in [5.41, 5.74) is 1.03. The first-order valence-electron chi connectivity index (χ1n) is 9.08. The molecule has 0 saturated carbocycles. The van der Waals surface area contributed by atoms with E-state index in [0.717, 1.165) is 57.4 Å². The van der Waals surface area contributed by atoms with E-state index in [2.05, 4.69) is 10.3 Å². The lowest BCUT2D eigenvalue weighted by atomic mass is 10.1. The van der Waals surface area contributed by atoms with Crippen LogP contribution in [0.15, 0.2) is 0 Å². The Labute approximate surface area is 143 Å². The van der Waals surface area contributed by atoms with Gasteiger partial charge in [0.25, 0.3) is 11.8 Å². The summed E-state index contributed by atoms with van der Waals surface area (Å²) in [7, 11) is 0. The van der Waals surface area contributed by atoms with Gasteiger partial charge in [0.1, 0.15) is 5.69 Å². The van der Waals surface area contributed by atoms with Crippen molar-refractivity contribution in [2.75, 3.05) is 13.1 Å². The van der Waals surface area contributed by atoms with Crippen LogP contribution < -0.4 is 5.32 Å². The molecule has 1 aromatic heterocycles. The van der Waals surface area contributed by atoms with Crippen molar-refractivity contribution in [3.63, 3.8) is 0 Å². The monoisotopic (exact) mass is 332 g/mol. The predicted octanol–water partition coefficient (Wildman–Crippen LogP) is 2.37. The second-order valence-electron chi connectivity index (χ2n) is 7.90. The maximum Gasteiger partial charge on any atom is 0.289 e. The van der Waals surface area contributed by atoms with Crippen molar-refractivity contribution in [1.29, 1.82) is 0 Å². The zero-order valence-corrected chi connectivity index (χ0v) is 15.0. The van der Waals surface area contributed by atoms with Crippen molar-refractivity contribution in [3.8, 4) is 0 Å². The molecule has 2 amide bonds. The van der Waals surface area contributed by atoms with Crippen LogP contribution >= 0.6 is 0 Å². The van der Waals surface area contributed by atoms with Crippen molar-refractivity contribution in [3.05, 3.63) is 17.2 Å². The number of likely N-dealkylation sites (tertiary alicyclic amines) is 1. The second-order valence-corrected chi connectivity index (χ2v) is 7.90. The van der Waals surface area contributed by atoms with Gasteiger partial charge in [-0.15, -0.1) is 0 Å². The number of rotatable bonds is 2. The minimum Gasteiger partial charge on any atom is -0.346 e. The number of hydrogen-bond donors (Lipinski definition) is 1. The predicted molar refractivity (Wildman–Crippen MR) is 92.1 cm³/mol. The van der Waals surface area contributed by atoms with Gasteiger partial charge < -0.3 is 14.8 Å². The summed E-state index contributed by atoms with van der Waals surface area (Å²) in [6.45, 7) is 8.23. The van der Waals surface area contributed by atoms with Crippen molar-refractivity contribution in [2.24, 2.45) is 0 Å². The van der Waals surface area contributed by atoms with Gasteiger partial charge in [-0.25, -0.2) is 4.98 Å². The molecular weight excluding hydrogens is 304 g/mol. The fourth-order valence-corrected chi connectivity index (χ4v) is 3.53. The molecule has 0 atom stereocenters. The van der Waals surface area contributed by atoms with Crippen molar-refractivity contribution in [2.45, 2.75) is 71.4 Å². The standard InChI is InChI=1S/C18H28N4O2/c1-18(2,3)20-16(23)14-13-9-5-8-12-22(13)15(19-14)17(24)21-10-6-4-7-11-21/h4-12H2,1-3H3,(H,20,23). The quantitative estimate of drug-likeness (QED) is 0.904. The summed E-state index contributed by atoms with van der Waals surface area (Å²) in [6.07, 6.45) is 6.17. The lowest BCUT2D eigenvalue weighted by Gasteiger charge is -2.27. The molecule has 2 aliphatic heterocycles. The largest absolute Gasteiger partial charge is 0.346 e. The van der Waals surface area contributed by atoms with E-state index >= 15 is 0 Å². The number of amides is 2. The van der Waals surface area contributed by atoms with Crippen LogP contribution in [0.3, 0.4) is 0 Å².